The molecule has 1 aromatic rings. The Hall–Kier alpha value is -1.78. The summed E-state index contributed by atoms with van der Waals surface area (Å²) in [5, 5.41) is 11.5. The average Bonchev–Trinajstić information content (AvgIpc) is 2.43. The van der Waals surface area contributed by atoms with E-state index in [1.807, 2.05) is 11.8 Å². The number of amidine groups is 1. The topological polar surface area (TPSA) is 61.8 Å². The SMILES string of the molecule is CCC(C)CN(CC)c1ccc(C(N)=NO)cc1F. The van der Waals surface area contributed by atoms with Gasteiger partial charge in [-0.3, -0.25) is 0 Å². The van der Waals surface area contributed by atoms with Gasteiger partial charge in [0.05, 0.1) is 5.69 Å². The fourth-order valence-electron chi connectivity index (χ4n) is 1.88. The van der Waals surface area contributed by atoms with Crippen molar-refractivity contribution in [3.05, 3.63) is 29.6 Å². The minimum atomic E-state index is -0.353. The third-order valence-corrected chi connectivity index (χ3v) is 3.30. The molecule has 0 aliphatic heterocycles. The fourth-order valence-corrected chi connectivity index (χ4v) is 1.88. The molecule has 0 aliphatic carbocycles. The van der Waals surface area contributed by atoms with Crippen molar-refractivity contribution in [1.82, 2.24) is 0 Å². The summed E-state index contributed by atoms with van der Waals surface area (Å²) < 4.78 is 14.1. The predicted octanol–water partition coefficient (Wildman–Crippen LogP) is 2.79. The summed E-state index contributed by atoms with van der Waals surface area (Å²) in [6.07, 6.45) is 1.06. The Morgan fingerprint density at radius 3 is 2.63 bits per heavy atom. The zero-order valence-corrected chi connectivity index (χ0v) is 11.7. The van der Waals surface area contributed by atoms with Crippen LogP contribution in [0.25, 0.3) is 0 Å². The summed E-state index contributed by atoms with van der Waals surface area (Å²) in [7, 11) is 0. The molecule has 0 bridgehead atoms. The van der Waals surface area contributed by atoms with Gasteiger partial charge in [0.2, 0.25) is 0 Å². The van der Waals surface area contributed by atoms with E-state index in [9.17, 15) is 4.39 Å². The Balaban J connectivity index is 2.99. The number of hydrogen-bond donors (Lipinski definition) is 2. The molecule has 3 N–H and O–H groups in total. The summed E-state index contributed by atoms with van der Waals surface area (Å²) in [6, 6.07) is 4.63. The lowest BCUT2D eigenvalue weighted by Crippen LogP contribution is -2.29. The molecule has 1 unspecified atom stereocenters. The second-order valence-corrected chi connectivity index (χ2v) is 4.70. The molecule has 5 heteroatoms. The summed E-state index contributed by atoms with van der Waals surface area (Å²) in [5.74, 6) is 0.0628. The molecule has 0 saturated heterocycles. The van der Waals surface area contributed by atoms with E-state index in [0.717, 1.165) is 19.5 Å². The Bertz CT molecular complexity index is 448. The first-order valence-corrected chi connectivity index (χ1v) is 6.55. The molecular weight excluding hydrogens is 245 g/mol. The van der Waals surface area contributed by atoms with Crippen LogP contribution in [0.5, 0.6) is 0 Å². The Labute approximate surface area is 113 Å². The molecule has 1 atom stereocenters. The van der Waals surface area contributed by atoms with E-state index >= 15 is 0 Å². The molecule has 0 radical (unpaired) electrons. The Morgan fingerprint density at radius 2 is 2.16 bits per heavy atom. The van der Waals surface area contributed by atoms with Crippen LogP contribution in [0.2, 0.25) is 0 Å². The van der Waals surface area contributed by atoms with Gasteiger partial charge in [0.1, 0.15) is 5.82 Å². The largest absolute Gasteiger partial charge is 0.409 e. The first kappa shape index (κ1) is 15.3. The molecule has 4 nitrogen and oxygen atoms in total. The number of halogens is 1. The maximum Gasteiger partial charge on any atom is 0.170 e. The van der Waals surface area contributed by atoms with E-state index in [1.54, 1.807) is 12.1 Å². The smallest absolute Gasteiger partial charge is 0.170 e. The standard InChI is InChI=1S/C14H22FN3O/c1-4-10(3)9-18(5-2)13-7-6-11(8-12(13)15)14(16)17-19/h6-8,10,19H,4-5,9H2,1-3H3,(H2,16,17). The van der Waals surface area contributed by atoms with Crippen LogP contribution in [0, 0.1) is 11.7 Å². The lowest BCUT2D eigenvalue weighted by Gasteiger charge is -2.26. The van der Waals surface area contributed by atoms with Crippen molar-refractivity contribution in [3.8, 4) is 0 Å². The van der Waals surface area contributed by atoms with E-state index in [-0.39, 0.29) is 11.7 Å². The van der Waals surface area contributed by atoms with Crippen molar-refractivity contribution >= 4 is 11.5 Å². The Kier molecular flexibility index (Phi) is 5.60. The van der Waals surface area contributed by atoms with Crippen molar-refractivity contribution in [3.63, 3.8) is 0 Å². The monoisotopic (exact) mass is 267 g/mol. The molecule has 1 aromatic carbocycles. The van der Waals surface area contributed by atoms with Crippen LogP contribution in [0.1, 0.15) is 32.8 Å². The minimum absolute atomic E-state index is 0.0876. The van der Waals surface area contributed by atoms with E-state index in [1.165, 1.54) is 6.07 Å². The maximum absolute atomic E-state index is 14.1. The minimum Gasteiger partial charge on any atom is -0.409 e. The summed E-state index contributed by atoms with van der Waals surface area (Å²) >= 11 is 0. The summed E-state index contributed by atoms with van der Waals surface area (Å²) in [4.78, 5) is 2.00. The van der Waals surface area contributed by atoms with Gasteiger partial charge in [-0.05, 0) is 31.0 Å². The van der Waals surface area contributed by atoms with Gasteiger partial charge in [-0.2, -0.15) is 0 Å². The van der Waals surface area contributed by atoms with Crippen LogP contribution >= 0.6 is 0 Å². The molecule has 0 fully saturated rings. The van der Waals surface area contributed by atoms with Crippen LogP contribution in [0.4, 0.5) is 10.1 Å². The van der Waals surface area contributed by atoms with Gasteiger partial charge in [-0.25, -0.2) is 4.39 Å². The van der Waals surface area contributed by atoms with Gasteiger partial charge in [0.15, 0.2) is 5.84 Å². The normalized spacial score (nSPS) is 13.4. The lowest BCUT2D eigenvalue weighted by atomic mass is 10.1. The van der Waals surface area contributed by atoms with E-state index in [2.05, 4.69) is 19.0 Å². The van der Waals surface area contributed by atoms with Gasteiger partial charge in [0.25, 0.3) is 0 Å². The van der Waals surface area contributed by atoms with Crippen LogP contribution in [0.3, 0.4) is 0 Å². The van der Waals surface area contributed by atoms with Gasteiger partial charge in [-0.15, -0.1) is 0 Å². The summed E-state index contributed by atoms with van der Waals surface area (Å²) in [6.45, 7) is 7.82. The second kappa shape index (κ2) is 6.97. The van der Waals surface area contributed by atoms with Crippen molar-refractivity contribution in [2.45, 2.75) is 27.2 Å². The van der Waals surface area contributed by atoms with Crippen molar-refractivity contribution in [2.24, 2.45) is 16.8 Å². The zero-order valence-electron chi connectivity index (χ0n) is 11.7. The molecular formula is C14H22FN3O. The van der Waals surface area contributed by atoms with Crippen LogP contribution in [-0.4, -0.2) is 24.1 Å². The molecule has 0 spiro atoms. The number of benzene rings is 1. The number of oxime groups is 1. The number of hydrogen-bond acceptors (Lipinski definition) is 3. The molecule has 106 valence electrons. The van der Waals surface area contributed by atoms with Crippen molar-refractivity contribution in [1.29, 1.82) is 0 Å². The highest BCUT2D eigenvalue weighted by atomic mass is 19.1. The molecule has 0 amide bonds. The van der Waals surface area contributed by atoms with Crippen LogP contribution in [0.15, 0.2) is 23.4 Å². The van der Waals surface area contributed by atoms with Gasteiger partial charge >= 0.3 is 0 Å². The van der Waals surface area contributed by atoms with Gasteiger partial charge in [0, 0.05) is 18.7 Å². The third-order valence-electron chi connectivity index (χ3n) is 3.30. The predicted molar refractivity (Wildman–Crippen MR) is 76.3 cm³/mol. The maximum atomic E-state index is 14.1. The quantitative estimate of drug-likeness (QED) is 0.360. The van der Waals surface area contributed by atoms with Gasteiger partial charge < -0.3 is 15.8 Å². The molecule has 0 heterocycles. The van der Waals surface area contributed by atoms with E-state index in [4.69, 9.17) is 10.9 Å². The van der Waals surface area contributed by atoms with Gasteiger partial charge in [-0.1, -0.05) is 25.4 Å². The molecule has 19 heavy (non-hydrogen) atoms. The third kappa shape index (κ3) is 3.84. The number of nitrogens with two attached hydrogens (primary N) is 1. The van der Waals surface area contributed by atoms with Crippen LogP contribution < -0.4 is 10.6 Å². The van der Waals surface area contributed by atoms with E-state index < -0.39 is 0 Å². The highest BCUT2D eigenvalue weighted by molar-refractivity contribution is 5.97. The second-order valence-electron chi connectivity index (χ2n) is 4.70. The summed E-state index contributed by atoms with van der Waals surface area (Å²) in [5.41, 5.74) is 6.37. The number of nitrogens with zero attached hydrogens (tertiary/aromatic N) is 2. The molecule has 1 rings (SSSR count). The Morgan fingerprint density at radius 1 is 1.47 bits per heavy atom. The molecule has 0 aromatic heterocycles. The lowest BCUT2D eigenvalue weighted by molar-refractivity contribution is 0.318. The highest BCUT2D eigenvalue weighted by Crippen LogP contribution is 2.22. The van der Waals surface area contributed by atoms with E-state index in [0.29, 0.717) is 17.2 Å². The first-order valence-electron chi connectivity index (χ1n) is 6.55. The van der Waals surface area contributed by atoms with Crippen molar-refractivity contribution in [2.75, 3.05) is 18.0 Å². The zero-order chi connectivity index (χ0) is 14.4. The average molecular weight is 267 g/mol. The number of anilines is 1. The van der Waals surface area contributed by atoms with Crippen molar-refractivity contribution < 1.29 is 9.60 Å². The fraction of sp³-hybridized carbons (Fsp3) is 0.500. The molecule has 0 saturated carbocycles. The number of rotatable bonds is 6. The molecule has 0 aliphatic rings. The highest BCUT2D eigenvalue weighted by Gasteiger charge is 2.14. The first-order chi connectivity index (χ1) is 9.03. The van der Waals surface area contributed by atoms with Crippen LogP contribution in [-0.2, 0) is 0 Å².